The van der Waals surface area contributed by atoms with E-state index in [4.69, 9.17) is 0 Å². The number of carbonyl (C=O) groups excluding carboxylic acids is 1. The van der Waals surface area contributed by atoms with Gasteiger partial charge in [-0.05, 0) is 29.2 Å². The summed E-state index contributed by atoms with van der Waals surface area (Å²) in [6, 6.07) is 8.36. The summed E-state index contributed by atoms with van der Waals surface area (Å²) in [7, 11) is -0.532. The number of aromatic nitrogens is 2. The molecule has 0 saturated carbocycles. The predicted octanol–water partition coefficient (Wildman–Crippen LogP) is 0.119. The molecule has 3 N–H and O–H groups in total. The van der Waals surface area contributed by atoms with Gasteiger partial charge in [-0.3, -0.25) is 4.79 Å². The van der Waals surface area contributed by atoms with Crippen LogP contribution in [0.2, 0.25) is 0 Å². The van der Waals surface area contributed by atoms with Crippen molar-refractivity contribution in [2.24, 2.45) is 0 Å². The van der Waals surface area contributed by atoms with E-state index in [-0.39, 0.29) is 17.4 Å². The molecule has 3 aromatic rings. The summed E-state index contributed by atoms with van der Waals surface area (Å²) in [4.78, 5) is 23.6. The maximum atomic E-state index is 13.8. The van der Waals surface area contributed by atoms with Crippen LogP contribution in [0.3, 0.4) is 0 Å². The first-order valence-electron chi connectivity index (χ1n) is 7.65. The van der Waals surface area contributed by atoms with Gasteiger partial charge in [0.05, 0.1) is 23.8 Å². The molecule has 0 aliphatic heterocycles. The number of esters is 1. The lowest BCUT2D eigenvalue weighted by molar-refractivity contribution is 0.0595. The number of benzene rings is 2. The molecule has 2 aromatic carbocycles. The second-order valence-electron chi connectivity index (χ2n) is 5.66. The molecule has 3 rings (SSSR count). The van der Waals surface area contributed by atoms with Gasteiger partial charge in [-0.15, -0.1) is 0 Å². The summed E-state index contributed by atoms with van der Waals surface area (Å²) >= 11 is 0. The van der Waals surface area contributed by atoms with Crippen molar-refractivity contribution in [1.29, 1.82) is 0 Å². The van der Waals surface area contributed by atoms with Gasteiger partial charge in [-0.2, -0.15) is 5.10 Å². The van der Waals surface area contributed by atoms with Crippen LogP contribution in [-0.2, 0) is 11.2 Å². The number of halogens is 1. The molecule has 0 atom stereocenters. The average Bonchev–Trinajstić information content (AvgIpc) is 2.64. The van der Waals surface area contributed by atoms with E-state index in [0.717, 1.165) is 13.2 Å². The number of H-pyrrole nitrogens is 1. The first-order valence-corrected chi connectivity index (χ1v) is 7.65. The number of hydrogen-bond acceptors (Lipinski definition) is 6. The molecule has 132 valence electrons. The van der Waals surface area contributed by atoms with E-state index in [9.17, 15) is 24.0 Å². The molecule has 9 heteroatoms. The van der Waals surface area contributed by atoms with Gasteiger partial charge in [0.2, 0.25) is 0 Å². The fourth-order valence-electron chi connectivity index (χ4n) is 2.67. The van der Waals surface area contributed by atoms with E-state index in [0.29, 0.717) is 22.0 Å². The molecule has 1 heterocycles. The predicted molar refractivity (Wildman–Crippen MR) is 92.7 cm³/mol. The molecule has 0 unspecified atom stereocenters. The number of nitrogens with one attached hydrogen (secondary N) is 1. The molecule has 0 aliphatic carbocycles. The fourth-order valence-corrected chi connectivity index (χ4v) is 2.67. The third-order valence-electron chi connectivity index (χ3n) is 4.00. The largest absolute Gasteiger partial charge is 0.488 e. The quantitative estimate of drug-likeness (QED) is 0.452. The molecule has 7 nitrogen and oxygen atoms in total. The van der Waals surface area contributed by atoms with Crippen LogP contribution >= 0.6 is 0 Å². The lowest BCUT2D eigenvalue weighted by Crippen LogP contribution is -2.30. The van der Waals surface area contributed by atoms with Gasteiger partial charge in [0.15, 0.2) is 0 Å². The monoisotopic (exact) mass is 356 g/mol. The number of nitrogens with zero attached hydrogens (tertiary/aromatic N) is 1. The Balaban J connectivity index is 2.09. The van der Waals surface area contributed by atoms with Gasteiger partial charge < -0.3 is 14.8 Å². The molecule has 0 amide bonds. The summed E-state index contributed by atoms with van der Waals surface area (Å²) in [5.41, 5.74) is 0.593. The van der Waals surface area contributed by atoms with E-state index >= 15 is 0 Å². The minimum atomic E-state index is -1.69. The van der Waals surface area contributed by atoms with Gasteiger partial charge in [0.25, 0.3) is 5.56 Å². The number of rotatable bonds is 4. The van der Waals surface area contributed by atoms with Crippen LogP contribution in [0.1, 0.15) is 21.6 Å². The highest BCUT2D eigenvalue weighted by molar-refractivity contribution is 6.58. The second-order valence-corrected chi connectivity index (χ2v) is 5.66. The van der Waals surface area contributed by atoms with Gasteiger partial charge in [0.1, 0.15) is 5.82 Å². The summed E-state index contributed by atoms with van der Waals surface area (Å²) in [6.07, 6.45) is 0.183. The first-order chi connectivity index (χ1) is 12.4. The van der Waals surface area contributed by atoms with Crippen molar-refractivity contribution >= 4 is 29.3 Å². The van der Waals surface area contributed by atoms with Crippen molar-refractivity contribution in [2.75, 3.05) is 7.11 Å². The van der Waals surface area contributed by atoms with Gasteiger partial charge in [-0.1, -0.05) is 18.2 Å². The number of aromatic amines is 1. The molecule has 0 spiro atoms. The molecule has 0 saturated heterocycles. The highest BCUT2D eigenvalue weighted by atomic mass is 19.1. The molecule has 26 heavy (non-hydrogen) atoms. The topological polar surface area (TPSA) is 113 Å². The Labute approximate surface area is 147 Å². The molecular weight excluding hydrogens is 342 g/mol. The number of methoxy groups -OCH3 is 1. The Kier molecular flexibility index (Phi) is 4.83. The zero-order valence-corrected chi connectivity index (χ0v) is 13.7. The number of carbonyl (C=O) groups is 1. The molecule has 0 radical (unpaired) electrons. The smallest absolute Gasteiger partial charge is 0.465 e. The number of fused-ring (bicyclic) bond motifs is 1. The van der Waals surface area contributed by atoms with E-state index in [1.807, 2.05) is 0 Å². The van der Waals surface area contributed by atoms with Gasteiger partial charge >= 0.3 is 13.1 Å². The molecule has 0 aliphatic rings. The normalized spacial score (nSPS) is 10.8. The van der Waals surface area contributed by atoms with Crippen LogP contribution in [0, 0.1) is 5.82 Å². The third kappa shape index (κ3) is 3.35. The van der Waals surface area contributed by atoms with E-state index in [1.54, 1.807) is 0 Å². The minimum absolute atomic E-state index is 0.183. The van der Waals surface area contributed by atoms with Crippen LogP contribution in [0.4, 0.5) is 4.39 Å². The van der Waals surface area contributed by atoms with Crippen molar-refractivity contribution in [3.05, 3.63) is 69.4 Å². The van der Waals surface area contributed by atoms with Crippen molar-refractivity contribution in [3.8, 4) is 0 Å². The van der Waals surface area contributed by atoms with E-state index in [2.05, 4.69) is 14.9 Å². The number of hydrogen-bond donors (Lipinski definition) is 3. The van der Waals surface area contributed by atoms with Crippen molar-refractivity contribution in [1.82, 2.24) is 10.2 Å². The Morgan fingerprint density at radius 3 is 2.69 bits per heavy atom. The van der Waals surface area contributed by atoms with Crippen LogP contribution in [0.5, 0.6) is 0 Å². The lowest BCUT2D eigenvalue weighted by Gasteiger charge is -2.09. The highest BCUT2D eigenvalue weighted by Crippen LogP contribution is 2.18. The first kappa shape index (κ1) is 17.8. The summed E-state index contributed by atoms with van der Waals surface area (Å²) in [6.45, 7) is 0. The minimum Gasteiger partial charge on any atom is -0.465 e. The maximum Gasteiger partial charge on any atom is 0.488 e. The summed E-state index contributed by atoms with van der Waals surface area (Å²) in [5, 5.41) is 25.8. The van der Waals surface area contributed by atoms with Crippen molar-refractivity contribution < 1.29 is 24.0 Å². The lowest BCUT2D eigenvalue weighted by atomic mass is 9.79. The highest BCUT2D eigenvalue weighted by Gasteiger charge is 2.16. The second kappa shape index (κ2) is 7.07. The Hall–Kier alpha value is -3.04. The Bertz CT molecular complexity index is 1050. The van der Waals surface area contributed by atoms with Crippen molar-refractivity contribution in [2.45, 2.75) is 6.42 Å². The molecule has 1 aromatic heterocycles. The molecule has 0 fully saturated rings. The van der Waals surface area contributed by atoms with Crippen LogP contribution in [0.15, 0.2) is 41.2 Å². The Morgan fingerprint density at radius 2 is 2.00 bits per heavy atom. The summed E-state index contributed by atoms with van der Waals surface area (Å²) < 4.78 is 18.3. The third-order valence-corrected chi connectivity index (χ3v) is 4.00. The standard InChI is InChI=1S/C17H14BFN2O5/c1-26-17(23)13-6-9(2-5-14(13)19)7-15-12-8-10(18(24)25)3-4-11(12)16(22)21-20-15/h2-6,8,24-25H,7H2,1H3,(H,21,22). The molecule has 0 bridgehead atoms. The van der Waals surface area contributed by atoms with E-state index < -0.39 is 24.5 Å². The average molecular weight is 356 g/mol. The number of ether oxygens (including phenoxy) is 1. The SMILES string of the molecule is COC(=O)c1cc(Cc2n[nH]c(=O)c3ccc(B(O)O)cc23)ccc1F. The van der Waals surface area contributed by atoms with Crippen molar-refractivity contribution in [3.63, 3.8) is 0 Å². The zero-order chi connectivity index (χ0) is 18.8. The fraction of sp³-hybridized carbons (Fsp3) is 0.118. The summed E-state index contributed by atoms with van der Waals surface area (Å²) in [5.74, 6) is -1.50. The maximum absolute atomic E-state index is 13.8. The van der Waals surface area contributed by atoms with Crippen LogP contribution in [0.25, 0.3) is 10.8 Å². The zero-order valence-electron chi connectivity index (χ0n) is 13.7. The molecular formula is C17H14BFN2O5. The Morgan fingerprint density at radius 1 is 1.23 bits per heavy atom. The van der Waals surface area contributed by atoms with E-state index in [1.165, 1.54) is 30.3 Å². The van der Waals surface area contributed by atoms with Gasteiger partial charge in [0, 0.05) is 11.8 Å². The van der Waals surface area contributed by atoms with Crippen LogP contribution in [-0.4, -0.2) is 40.4 Å². The van der Waals surface area contributed by atoms with Gasteiger partial charge in [-0.25, -0.2) is 14.3 Å². The van der Waals surface area contributed by atoms with Crippen LogP contribution < -0.4 is 11.0 Å².